The number of hydrogen-bond donors (Lipinski definition) is 4. The predicted molar refractivity (Wildman–Crippen MR) is 58.1 cm³/mol. The van der Waals surface area contributed by atoms with Crippen LogP contribution in [0.3, 0.4) is 0 Å². The number of carbonyl (C=O) groups is 2. The van der Waals surface area contributed by atoms with Gasteiger partial charge in [-0.3, -0.25) is 0 Å². The van der Waals surface area contributed by atoms with Crippen LogP contribution in [0, 0.1) is 0 Å². The van der Waals surface area contributed by atoms with Gasteiger partial charge in [0, 0.05) is 0 Å². The van der Waals surface area contributed by atoms with Crippen molar-refractivity contribution in [2.45, 2.75) is 0 Å². The Morgan fingerprint density at radius 1 is 0.700 bits per heavy atom. The van der Waals surface area contributed by atoms with Crippen LogP contribution in [0.4, 0.5) is 0 Å². The first-order valence-electron chi connectivity index (χ1n) is 5.60. The van der Waals surface area contributed by atoms with E-state index in [2.05, 4.69) is 0 Å². The van der Waals surface area contributed by atoms with Gasteiger partial charge in [-0.15, -0.1) is 0 Å². The number of quaternary nitrogens is 1. The van der Waals surface area contributed by atoms with Gasteiger partial charge in [-0.1, -0.05) is 0 Å². The molecule has 0 aliphatic carbocycles. The second-order valence-electron chi connectivity index (χ2n) is 3.71. The zero-order chi connectivity index (χ0) is 15.3. The zero-order valence-corrected chi connectivity index (χ0v) is 13.1. The summed E-state index contributed by atoms with van der Waals surface area (Å²) in [5.74, 6) is -4.37. The van der Waals surface area contributed by atoms with Crippen molar-refractivity contribution in [2.75, 3.05) is 52.6 Å². The maximum atomic E-state index is 8.93. The number of aliphatic carboxylic acids is 2. The molecule has 10 heteroatoms. The van der Waals surface area contributed by atoms with Crippen LogP contribution in [0.15, 0.2) is 0 Å². The third kappa shape index (κ3) is 12.5. The Balaban J connectivity index is -0.000000352. The van der Waals surface area contributed by atoms with Crippen LogP contribution in [-0.4, -0.2) is 89.5 Å². The number of aliphatic hydroxyl groups excluding tert-OH is 4. The molecule has 0 radical (unpaired) electrons. The maximum Gasteiger partial charge on any atom is 2.00 e. The second kappa shape index (κ2) is 14.8. The van der Waals surface area contributed by atoms with Crippen LogP contribution >= 0.6 is 0 Å². The third-order valence-electron chi connectivity index (χ3n) is 2.46. The van der Waals surface area contributed by atoms with Crippen LogP contribution in [-0.2, 0) is 30.7 Å². The van der Waals surface area contributed by atoms with E-state index in [9.17, 15) is 0 Å². The molecule has 0 bridgehead atoms. The molecule has 0 aromatic rings. The van der Waals surface area contributed by atoms with E-state index in [-0.39, 0.29) is 47.5 Å². The van der Waals surface area contributed by atoms with Gasteiger partial charge in [0.2, 0.25) is 0 Å². The van der Waals surface area contributed by atoms with Crippen molar-refractivity contribution in [1.29, 1.82) is 0 Å². The molecule has 0 amide bonds. The normalized spacial score (nSPS) is 10.0. The summed E-state index contributed by atoms with van der Waals surface area (Å²) in [5, 5.41) is 53.1. The summed E-state index contributed by atoms with van der Waals surface area (Å²) in [6.45, 7) is 1.84. The smallest absolute Gasteiger partial charge is 0.543 e. The van der Waals surface area contributed by atoms with Crippen molar-refractivity contribution in [2.24, 2.45) is 0 Å². The Hall–Kier alpha value is -0.572. The molecule has 0 heterocycles. The van der Waals surface area contributed by atoms with E-state index in [1.165, 1.54) is 0 Å². The molecule has 0 aromatic carbocycles. The number of hydrogen-bond acceptors (Lipinski definition) is 8. The minimum atomic E-state index is -2.19. The molecule has 9 nitrogen and oxygen atoms in total. The molecular weight excluding hydrogens is 457 g/mol. The Bertz CT molecular complexity index is 222. The molecule has 0 atom stereocenters. The molecule has 0 unspecified atom stereocenters. The van der Waals surface area contributed by atoms with E-state index in [0.717, 1.165) is 0 Å². The van der Waals surface area contributed by atoms with Gasteiger partial charge in [0.05, 0.1) is 38.4 Å². The second-order valence-corrected chi connectivity index (χ2v) is 3.71. The van der Waals surface area contributed by atoms with Crippen molar-refractivity contribution in [3.8, 4) is 0 Å². The Morgan fingerprint density at radius 3 is 1.00 bits per heavy atom. The molecule has 122 valence electrons. The fourth-order valence-electron chi connectivity index (χ4n) is 1.52. The van der Waals surface area contributed by atoms with Gasteiger partial charge in [0.1, 0.15) is 26.2 Å². The van der Waals surface area contributed by atoms with E-state index in [0.29, 0.717) is 30.7 Å². The van der Waals surface area contributed by atoms with Gasteiger partial charge >= 0.3 is 21.1 Å². The van der Waals surface area contributed by atoms with Gasteiger partial charge in [-0.25, -0.2) is 0 Å². The maximum absolute atomic E-state index is 8.93. The summed E-state index contributed by atoms with van der Waals surface area (Å²) >= 11 is 0. The van der Waals surface area contributed by atoms with E-state index in [1.807, 2.05) is 0 Å². The fourth-order valence-corrected chi connectivity index (χ4v) is 1.52. The molecule has 0 aromatic heterocycles. The summed E-state index contributed by atoms with van der Waals surface area (Å²) in [4.78, 5) is 17.9. The topological polar surface area (TPSA) is 161 Å². The first-order valence-corrected chi connectivity index (χ1v) is 5.60. The van der Waals surface area contributed by atoms with Crippen LogP contribution in [0.2, 0.25) is 0 Å². The SMILES string of the molecule is O=C([O-])C(=O)[O-].OCC[N+](CCO)(CCO)CCO.[Pt+2]. The molecule has 0 aliphatic rings. The molecule has 0 fully saturated rings. The van der Waals surface area contributed by atoms with E-state index < -0.39 is 11.9 Å². The minimum Gasteiger partial charge on any atom is -0.543 e. The zero-order valence-electron chi connectivity index (χ0n) is 10.8. The Morgan fingerprint density at radius 2 is 0.900 bits per heavy atom. The van der Waals surface area contributed by atoms with Gasteiger partial charge in [0.25, 0.3) is 0 Å². The van der Waals surface area contributed by atoms with E-state index >= 15 is 0 Å². The molecule has 0 saturated carbocycles. The third-order valence-corrected chi connectivity index (χ3v) is 2.46. The van der Waals surface area contributed by atoms with Crippen LogP contribution in [0.1, 0.15) is 0 Å². The summed E-state index contributed by atoms with van der Waals surface area (Å²) in [7, 11) is 0. The first-order chi connectivity index (χ1) is 8.89. The molecule has 0 rings (SSSR count). The number of nitrogens with zero attached hydrogens (tertiary/aromatic N) is 1. The number of aliphatic hydroxyl groups is 4. The average Bonchev–Trinajstić information content (AvgIpc) is 2.31. The summed E-state index contributed by atoms with van der Waals surface area (Å²) in [6, 6.07) is 0. The number of carboxylic acid groups (broad SMARTS) is 2. The van der Waals surface area contributed by atoms with Crippen LogP contribution < -0.4 is 10.2 Å². The van der Waals surface area contributed by atoms with Crippen molar-refractivity contribution in [3.05, 3.63) is 0 Å². The molecule has 0 spiro atoms. The molecule has 0 aliphatic heterocycles. The van der Waals surface area contributed by atoms with E-state index in [4.69, 9.17) is 40.2 Å². The van der Waals surface area contributed by atoms with Gasteiger partial charge in [-0.05, 0) is 0 Å². The predicted octanol–water partition coefficient (Wildman–Crippen LogP) is -5.74. The Kier molecular flexibility index (Phi) is 18.1. The standard InChI is InChI=1S/C8H20NO4.C2H2O4.Pt/c10-5-1-9(2-6-11,3-7-12)4-8-13;3-1(4)2(5)6;/h10-13H,1-8H2;(H,3,4)(H,5,6);/q+1;;+2/p-2. The van der Waals surface area contributed by atoms with Gasteiger partial charge < -0.3 is 44.7 Å². The molecule has 20 heavy (non-hydrogen) atoms. The van der Waals surface area contributed by atoms with Crippen molar-refractivity contribution in [1.82, 2.24) is 0 Å². The number of carbonyl (C=O) groups excluding carboxylic acids is 2. The summed E-state index contributed by atoms with van der Waals surface area (Å²) in [5.41, 5.74) is 0. The van der Waals surface area contributed by atoms with Crippen molar-refractivity contribution >= 4 is 11.9 Å². The number of carboxylic acids is 2. The summed E-state index contributed by atoms with van der Waals surface area (Å²) < 4.78 is 0.375. The largest absolute Gasteiger partial charge is 2.00 e. The van der Waals surface area contributed by atoms with Crippen LogP contribution in [0.25, 0.3) is 0 Å². The summed E-state index contributed by atoms with van der Waals surface area (Å²) in [6.07, 6.45) is 0. The average molecular weight is 477 g/mol. The van der Waals surface area contributed by atoms with Crippen molar-refractivity contribution < 1.29 is 65.8 Å². The Labute approximate surface area is 130 Å². The van der Waals surface area contributed by atoms with Crippen LogP contribution in [0.5, 0.6) is 0 Å². The van der Waals surface area contributed by atoms with Gasteiger partial charge in [-0.2, -0.15) is 0 Å². The van der Waals surface area contributed by atoms with Gasteiger partial charge in [0.15, 0.2) is 0 Å². The monoisotopic (exact) mass is 477 g/mol. The first kappa shape index (κ1) is 24.4. The fraction of sp³-hybridized carbons (Fsp3) is 0.800. The van der Waals surface area contributed by atoms with Crippen molar-refractivity contribution in [3.63, 3.8) is 0 Å². The molecular formula is C10H20NO8Pt+. The minimum absolute atomic E-state index is 0. The quantitative estimate of drug-likeness (QED) is 0.199. The molecule has 0 saturated heterocycles. The number of rotatable bonds is 8. The van der Waals surface area contributed by atoms with E-state index in [1.54, 1.807) is 0 Å². The molecule has 4 N–H and O–H groups in total.